The monoisotopic (exact) mass is 216 g/mol. The summed E-state index contributed by atoms with van der Waals surface area (Å²) in [6.07, 6.45) is 4.72. The minimum atomic E-state index is 0.0808. The Morgan fingerprint density at radius 2 is 2.46 bits per heavy atom. The van der Waals surface area contributed by atoms with Crippen LogP contribution in [0.2, 0.25) is 4.34 Å². The first kappa shape index (κ1) is 8.97. The fraction of sp³-hybridized carbons (Fsp3) is 0.500. The second-order valence-electron chi connectivity index (χ2n) is 3.09. The van der Waals surface area contributed by atoms with Crippen molar-refractivity contribution in [3.8, 4) is 0 Å². The van der Waals surface area contributed by atoms with Gasteiger partial charge in [-0.2, -0.15) is 0 Å². The molecule has 1 heterocycles. The molecule has 1 N–H and O–H groups in total. The van der Waals surface area contributed by atoms with Crippen molar-refractivity contribution >= 4 is 34.0 Å². The summed E-state index contributed by atoms with van der Waals surface area (Å²) in [6.45, 7) is 0. The molecule has 0 aliphatic heterocycles. The number of nitrogens with one attached hydrogen (secondary N) is 1. The van der Waals surface area contributed by atoms with Crippen LogP contribution in [0.15, 0.2) is 6.20 Å². The number of halogens is 1. The molecule has 0 spiro atoms. The number of thiazole rings is 1. The molecule has 1 fully saturated rings. The molecule has 1 amide bonds. The first-order valence-corrected chi connectivity index (χ1v) is 5.37. The molecule has 1 aliphatic carbocycles. The van der Waals surface area contributed by atoms with Gasteiger partial charge in [-0.05, 0) is 12.8 Å². The van der Waals surface area contributed by atoms with Crippen LogP contribution in [0, 0.1) is 5.92 Å². The smallest absolute Gasteiger partial charge is 0.229 e. The van der Waals surface area contributed by atoms with Crippen LogP contribution in [0.4, 0.5) is 5.13 Å². The summed E-state index contributed by atoms with van der Waals surface area (Å²) in [5, 5.41) is 3.35. The summed E-state index contributed by atoms with van der Waals surface area (Å²) in [6, 6.07) is 0. The van der Waals surface area contributed by atoms with E-state index in [1.54, 1.807) is 6.20 Å². The number of anilines is 1. The molecule has 70 valence electrons. The molecule has 3 nitrogen and oxygen atoms in total. The molecule has 0 radical (unpaired) electrons. The molecule has 2 rings (SSSR count). The van der Waals surface area contributed by atoms with Crippen LogP contribution in [-0.2, 0) is 4.79 Å². The second-order valence-corrected chi connectivity index (χ2v) is 4.75. The van der Waals surface area contributed by atoms with Crippen LogP contribution in [0.25, 0.3) is 0 Å². The molecular formula is C8H9ClN2OS. The van der Waals surface area contributed by atoms with Gasteiger partial charge in [-0.15, -0.1) is 0 Å². The molecule has 0 saturated heterocycles. The van der Waals surface area contributed by atoms with Gasteiger partial charge in [-0.3, -0.25) is 4.79 Å². The number of aromatic nitrogens is 1. The van der Waals surface area contributed by atoms with Gasteiger partial charge < -0.3 is 5.32 Å². The Labute approximate surface area is 85.1 Å². The van der Waals surface area contributed by atoms with Gasteiger partial charge >= 0.3 is 0 Å². The lowest BCUT2D eigenvalue weighted by Crippen LogP contribution is -2.27. The van der Waals surface area contributed by atoms with Crippen molar-refractivity contribution in [2.75, 3.05) is 5.32 Å². The van der Waals surface area contributed by atoms with Gasteiger partial charge in [0.1, 0.15) is 4.34 Å². The van der Waals surface area contributed by atoms with Gasteiger partial charge in [0.2, 0.25) is 5.91 Å². The highest BCUT2D eigenvalue weighted by Crippen LogP contribution is 2.29. The standard InChI is InChI=1S/C8H9ClN2OS/c9-6-4-10-8(13-6)11-7(12)5-2-1-3-5/h4-5H,1-3H2,(H,10,11,12). The van der Waals surface area contributed by atoms with Gasteiger partial charge in [-0.1, -0.05) is 29.4 Å². The van der Waals surface area contributed by atoms with Crippen molar-refractivity contribution in [3.05, 3.63) is 10.5 Å². The highest BCUT2D eigenvalue weighted by Gasteiger charge is 2.25. The number of amides is 1. The highest BCUT2D eigenvalue weighted by molar-refractivity contribution is 7.19. The van der Waals surface area contributed by atoms with Crippen LogP contribution < -0.4 is 5.32 Å². The number of carbonyl (C=O) groups is 1. The third kappa shape index (κ3) is 2.00. The first-order chi connectivity index (χ1) is 6.25. The maximum atomic E-state index is 11.4. The Morgan fingerprint density at radius 3 is 2.92 bits per heavy atom. The summed E-state index contributed by atoms with van der Waals surface area (Å²) in [5.74, 6) is 0.278. The van der Waals surface area contributed by atoms with Crippen LogP contribution in [-0.4, -0.2) is 10.9 Å². The predicted molar refractivity (Wildman–Crippen MR) is 53.1 cm³/mol. The van der Waals surface area contributed by atoms with Gasteiger partial charge in [0, 0.05) is 5.92 Å². The van der Waals surface area contributed by atoms with E-state index in [0.717, 1.165) is 19.3 Å². The normalized spacial score (nSPS) is 16.7. The Hall–Kier alpha value is -0.610. The quantitative estimate of drug-likeness (QED) is 0.826. The topological polar surface area (TPSA) is 42.0 Å². The number of rotatable bonds is 2. The number of hydrogen-bond donors (Lipinski definition) is 1. The first-order valence-electron chi connectivity index (χ1n) is 4.18. The summed E-state index contributed by atoms with van der Waals surface area (Å²) in [4.78, 5) is 15.4. The van der Waals surface area contributed by atoms with Crippen molar-refractivity contribution in [1.82, 2.24) is 4.98 Å². The van der Waals surface area contributed by atoms with Crippen molar-refractivity contribution in [3.63, 3.8) is 0 Å². The average Bonchev–Trinajstić information content (AvgIpc) is 2.31. The molecule has 1 aliphatic rings. The highest BCUT2D eigenvalue weighted by atomic mass is 35.5. The van der Waals surface area contributed by atoms with E-state index >= 15 is 0 Å². The van der Waals surface area contributed by atoms with Crippen LogP contribution in [0.5, 0.6) is 0 Å². The van der Waals surface area contributed by atoms with Crippen LogP contribution in [0.3, 0.4) is 0 Å². The van der Waals surface area contributed by atoms with E-state index in [2.05, 4.69) is 10.3 Å². The zero-order valence-corrected chi connectivity index (χ0v) is 8.49. The molecule has 0 unspecified atom stereocenters. The molecule has 0 aromatic carbocycles. The molecule has 13 heavy (non-hydrogen) atoms. The van der Waals surface area contributed by atoms with Crippen molar-refractivity contribution < 1.29 is 4.79 Å². The van der Waals surface area contributed by atoms with E-state index in [1.165, 1.54) is 11.3 Å². The van der Waals surface area contributed by atoms with Crippen LogP contribution >= 0.6 is 22.9 Å². The van der Waals surface area contributed by atoms with Crippen molar-refractivity contribution in [2.45, 2.75) is 19.3 Å². The van der Waals surface area contributed by atoms with E-state index in [0.29, 0.717) is 9.47 Å². The lowest BCUT2D eigenvalue weighted by atomic mass is 9.85. The number of carbonyl (C=O) groups excluding carboxylic acids is 1. The van der Waals surface area contributed by atoms with E-state index in [4.69, 9.17) is 11.6 Å². The fourth-order valence-electron chi connectivity index (χ4n) is 1.19. The molecule has 0 bridgehead atoms. The summed E-state index contributed by atoms with van der Waals surface area (Å²) >= 11 is 6.97. The van der Waals surface area contributed by atoms with Gasteiger partial charge in [0.25, 0.3) is 0 Å². The summed E-state index contributed by atoms with van der Waals surface area (Å²) in [5.41, 5.74) is 0. The van der Waals surface area contributed by atoms with Crippen molar-refractivity contribution in [2.24, 2.45) is 5.92 Å². The zero-order valence-electron chi connectivity index (χ0n) is 6.92. The molecule has 1 aromatic heterocycles. The van der Waals surface area contributed by atoms with Crippen LogP contribution in [0.1, 0.15) is 19.3 Å². The Kier molecular flexibility index (Phi) is 2.51. The van der Waals surface area contributed by atoms with E-state index in [-0.39, 0.29) is 11.8 Å². The maximum absolute atomic E-state index is 11.4. The molecule has 5 heteroatoms. The Balaban J connectivity index is 1.93. The molecule has 0 atom stereocenters. The van der Waals surface area contributed by atoms with E-state index < -0.39 is 0 Å². The SMILES string of the molecule is O=C(Nc1ncc(Cl)s1)C1CCC1. The summed E-state index contributed by atoms with van der Waals surface area (Å²) < 4.78 is 0.601. The van der Waals surface area contributed by atoms with Gasteiger partial charge in [-0.25, -0.2) is 4.98 Å². The minimum absolute atomic E-state index is 0.0808. The van der Waals surface area contributed by atoms with Crippen molar-refractivity contribution in [1.29, 1.82) is 0 Å². The third-order valence-corrected chi connectivity index (χ3v) is 3.21. The zero-order chi connectivity index (χ0) is 9.26. The third-order valence-electron chi connectivity index (χ3n) is 2.18. The number of nitrogens with zero attached hydrogens (tertiary/aromatic N) is 1. The Bertz CT molecular complexity index is 322. The number of hydrogen-bond acceptors (Lipinski definition) is 3. The molecule has 1 aromatic rings. The fourth-order valence-corrected chi connectivity index (χ4v) is 2.01. The lowest BCUT2D eigenvalue weighted by molar-refractivity contribution is -0.122. The minimum Gasteiger partial charge on any atom is -0.302 e. The molecular weight excluding hydrogens is 208 g/mol. The predicted octanol–water partition coefficient (Wildman–Crippen LogP) is 2.54. The van der Waals surface area contributed by atoms with Gasteiger partial charge in [0.15, 0.2) is 5.13 Å². The second kappa shape index (κ2) is 3.64. The molecule has 1 saturated carbocycles. The van der Waals surface area contributed by atoms with E-state index in [9.17, 15) is 4.79 Å². The largest absolute Gasteiger partial charge is 0.302 e. The average molecular weight is 217 g/mol. The van der Waals surface area contributed by atoms with Gasteiger partial charge in [0.05, 0.1) is 6.20 Å². The maximum Gasteiger partial charge on any atom is 0.229 e. The Morgan fingerprint density at radius 1 is 1.69 bits per heavy atom. The lowest BCUT2D eigenvalue weighted by Gasteiger charge is -2.23. The summed E-state index contributed by atoms with van der Waals surface area (Å²) in [7, 11) is 0. The van der Waals surface area contributed by atoms with E-state index in [1.807, 2.05) is 0 Å².